The van der Waals surface area contributed by atoms with Crippen molar-refractivity contribution in [3.8, 4) is 11.5 Å². The second-order valence-corrected chi connectivity index (χ2v) is 8.75. The number of nitrogens with one attached hydrogen (secondary N) is 1. The van der Waals surface area contributed by atoms with Crippen molar-refractivity contribution in [2.75, 3.05) is 14.2 Å². The third kappa shape index (κ3) is 5.49. The van der Waals surface area contributed by atoms with E-state index in [2.05, 4.69) is 15.5 Å². The molecule has 1 aromatic carbocycles. The van der Waals surface area contributed by atoms with Gasteiger partial charge in [-0.15, -0.1) is 0 Å². The highest BCUT2D eigenvalue weighted by molar-refractivity contribution is 5.85. The number of aromatic nitrogens is 3. The first kappa shape index (κ1) is 23.4. The van der Waals surface area contributed by atoms with Crippen molar-refractivity contribution < 1.29 is 23.8 Å². The number of likely N-dealkylation sites (tertiary alicyclic amines) is 1. The number of benzene rings is 1. The van der Waals surface area contributed by atoms with Crippen LogP contribution in [0.15, 0.2) is 24.4 Å². The summed E-state index contributed by atoms with van der Waals surface area (Å²) in [5.74, 6) is 1.31. The van der Waals surface area contributed by atoms with Crippen LogP contribution in [0.5, 0.6) is 11.5 Å². The zero-order valence-electron chi connectivity index (χ0n) is 19.4. The van der Waals surface area contributed by atoms with Crippen molar-refractivity contribution in [1.29, 1.82) is 0 Å². The Morgan fingerprint density at radius 1 is 1.22 bits per heavy atom. The molecule has 0 aliphatic carbocycles. The van der Waals surface area contributed by atoms with Gasteiger partial charge < -0.3 is 24.4 Å². The van der Waals surface area contributed by atoms with Gasteiger partial charge in [0, 0.05) is 18.2 Å². The number of β-lactam (4-membered cyclic amide) rings is 1. The predicted molar refractivity (Wildman–Crippen MR) is 116 cm³/mol. The van der Waals surface area contributed by atoms with Gasteiger partial charge in [-0.25, -0.2) is 4.79 Å². The number of nitrogens with zero attached hydrogens (tertiary/aromatic N) is 4. The number of ether oxygens (including phenoxy) is 3. The first-order valence-electron chi connectivity index (χ1n) is 10.5. The van der Waals surface area contributed by atoms with Crippen LogP contribution in [0.2, 0.25) is 0 Å². The molecule has 1 aromatic heterocycles. The lowest BCUT2D eigenvalue weighted by Crippen LogP contribution is -2.60. The molecule has 0 spiro atoms. The Kier molecular flexibility index (Phi) is 6.90. The SMILES string of the molecule is COc1ccc(CN2C(=O)[C@@H](C)[C@H]2Cn2ncc(CNC(=O)OC(C)(C)C)n2)c(OC)c1. The smallest absolute Gasteiger partial charge is 0.407 e. The standard InChI is InChI=1S/C22H31N5O5/c1-14-18(13-27-24-11-16(25-27)10-23-21(29)32-22(2,3)4)26(20(14)28)12-15-7-8-17(30-5)9-19(15)31-6/h7-9,11,14,18H,10,12-13H2,1-6H3,(H,23,29)/t14-,18+/m0/s1. The second-order valence-electron chi connectivity index (χ2n) is 8.75. The van der Waals surface area contributed by atoms with E-state index in [9.17, 15) is 9.59 Å². The van der Waals surface area contributed by atoms with E-state index < -0.39 is 11.7 Å². The van der Waals surface area contributed by atoms with Crippen molar-refractivity contribution in [3.63, 3.8) is 0 Å². The maximum Gasteiger partial charge on any atom is 0.407 e. The van der Waals surface area contributed by atoms with E-state index in [1.54, 1.807) is 57.0 Å². The summed E-state index contributed by atoms with van der Waals surface area (Å²) in [6.45, 7) is 8.41. The van der Waals surface area contributed by atoms with E-state index in [-0.39, 0.29) is 24.4 Å². The van der Waals surface area contributed by atoms with E-state index in [1.165, 1.54) is 0 Å². The van der Waals surface area contributed by atoms with Gasteiger partial charge in [-0.3, -0.25) is 4.79 Å². The van der Waals surface area contributed by atoms with Crippen LogP contribution in [0.25, 0.3) is 0 Å². The van der Waals surface area contributed by atoms with Crippen molar-refractivity contribution in [2.24, 2.45) is 5.92 Å². The van der Waals surface area contributed by atoms with Crippen LogP contribution in [-0.2, 0) is 29.2 Å². The molecular weight excluding hydrogens is 414 g/mol. The summed E-state index contributed by atoms with van der Waals surface area (Å²) in [4.78, 5) is 27.7. The lowest BCUT2D eigenvalue weighted by molar-refractivity contribution is -0.157. The molecule has 3 rings (SSSR count). The number of carbonyl (C=O) groups excluding carboxylic acids is 2. The van der Waals surface area contributed by atoms with Crippen LogP contribution < -0.4 is 14.8 Å². The minimum Gasteiger partial charge on any atom is -0.497 e. The average molecular weight is 446 g/mol. The van der Waals surface area contributed by atoms with Gasteiger partial charge in [-0.1, -0.05) is 6.92 Å². The molecule has 32 heavy (non-hydrogen) atoms. The summed E-state index contributed by atoms with van der Waals surface area (Å²) in [6.07, 6.45) is 1.09. The summed E-state index contributed by atoms with van der Waals surface area (Å²) in [6, 6.07) is 5.50. The van der Waals surface area contributed by atoms with Crippen molar-refractivity contribution >= 4 is 12.0 Å². The summed E-state index contributed by atoms with van der Waals surface area (Å²) in [5.41, 5.74) is 0.941. The number of amides is 2. The van der Waals surface area contributed by atoms with Crippen LogP contribution in [0.4, 0.5) is 4.79 Å². The molecule has 10 nitrogen and oxygen atoms in total. The average Bonchev–Trinajstić information content (AvgIpc) is 3.20. The normalized spacial score (nSPS) is 18.2. The van der Waals surface area contributed by atoms with Crippen LogP contribution >= 0.6 is 0 Å². The lowest BCUT2D eigenvalue weighted by atomic mass is 9.88. The molecule has 2 aromatic rings. The Labute approximate surface area is 187 Å². The van der Waals surface area contributed by atoms with Gasteiger partial charge in [0.25, 0.3) is 0 Å². The third-order valence-corrected chi connectivity index (χ3v) is 5.23. The third-order valence-electron chi connectivity index (χ3n) is 5.23. The minimum atomic E-state index is -0.565. The van der Waals surface area contributed by atoms with Crippen molar-refractivity contribution in [3.05, 3.63) is 35.7 Å². The first-order chi connectivity index (χ1) is 15.1. The number of methoxy groups -OCH3 is 2. The van der Waals surface area contributed by atoms with Gasteiger partial charge in [0.1, 0.15) is 22.8 Å². The number of hydrogen-bond acceptors (Lipinski definition) is 7. The molecule has 174 valence electrons. The number of alkyl carbamates (subject to hydrolysis) is 1. The zero-order valence-corrected chi connectivity index (χ0v) is 19.4. The lowest BCUT2D eigenvalue weighted by Gasteiger charge is -2.45. The zero-order chi connectivity index (χ0) is 23.5. The van der Waals surface area contributed by atoms with E-state index in [1.807, 2.05) is 19.1 Å². The van der Waals surface area contributed by atoms with Gasteiger partial charge in [-0.2, -0.15) is 15.0 Å². The Bertz CT molecular complexity index is 968. The molecule has 0 radical (unpaired) electrons. The van der Waals surface area contributed by atoms with Gasteiger partial charge in [0.15, 0.2) is 0 Å². The van der Waals surface area contributed by atoms with Crippen LogP contribution in [0, 0.1) is 5.92 Å². The van der Waals surface area contributed by atoms with Crippen molar-refractivity contribution in [2.45, 2.75) is 59.0 Å². The summed E-state index contributed by atoms with van der Waals surface area (Å²) in [5, 5.41) is 11.4. The highest BCUT2D eigenvalue weighted by Crippen LogP contribution is 2.33. The minimum absolute atomic E-state index is 0.0478. The van der Waals surface area contributed by atoms with E-state index >= 15 is 0 Å². The van der Waals surface area contributed by atoms with E-state index in [0.717, 1.165) is 5.56 Å². The second kappa shape index (κ2) is 9.46. The number of hydrogen-bond donors (Lipinski definition) is 1. The molecule has 0 bridgehead atoms. The predicted octanol–water partition coefficient (Wildman–Crippen LogP) is 2.37. The van der Waals surface area contributed by atoms with E-state index in [4.69, 9.17) is 14.2 Å². The van der Waals surface area contributed by atoms with Gasteiger partial charge in [0.2, 0.25) is 5.91 Å². The van der Waals surface area contributed by atoms with Gasteiger partial charge in [-0.05, 0) is 32.9 Å². The molecular formula is C22H31N5O5. The topological polar surface area (TPSA) is 108 Å². The highest BCUT2D eigenvalue weighted by Gasteiger charge is 2.44. The summed E-state index contributed by atoms with van der Waals surface area (Å²) in [7, 11) is 3.19. The Morgan fingerprint density at radius 2 is 1.97 bits per heavy atom. The maximum atomic E-state index is 12.5. The molecule has 1 fully saturated rings. The van der Waals surface area contributed by atoms with Gasteiger partial charge in [0.05, 0.1) is 45.5 Å². The molecule has 0 saturated carbocycles. The molecule has 1 aliphatic heterocycles. The highest BCUT2D eigenvalue weighted by atomic mass is 16.6. The maximum absolute atomic E-state index is 12.5. The summed E-state index contributed by atoms with van der Waals surface area (Å²) < 4.78 is 15.9. The number of rotatable bonds is 8. The molecule has 10 heteroatoms. The fourth-order valence-corrected chi connectivity index (χ4v) is 3.54. The Morgan fingerprint density at radius 3 is 2.62 bits per heavy atom. The molecule has 2 atom stereocenters. The van der Waals surface area contributed by atoms with Crippen LogP contribution in [-0.4, -0.2) is 57.8 Å². The first-order valence-corrected chi connectivity index (χ1v) is 10.5. The number of carbonyl (C=O) groups is 2. The molecule has 1 N–H and O–H groups in total. The van der Waals surface area contributed by atoms with Crippen LogP contribution in [0.3, 0.4) is 0 Å². The van der Waals surface area contributed by atoms with Crippen LogP contribution in [0.1, 0.15) is 39.0 Å². The fourth-order valence-electron chi connectivity index (χ4n) is 3.54. The molecule has 1 saturated heterocycles. The molecule has 2 amide bonds. The summed E-state index contributed by atoms with van der Waals surface area (Å²) >= 11 is 0. The largest absolute Gasteiger partial charge is 0.497 e. The molecule has 2 heterocycles. The van der Waals surface area contributed by atoms with Crippen molar-refractivity contribution in [1.82, 2.24) is 25.2 Å². The molecule has 0 unspecified atom stereocenters. The quantitative estimate of drug-likeness (QED) is 0.622. The Balaban J connectivity index is 1.61. The monoisotopic (exact) mass is 445 g/mol. The van der Waals surface area contributed by atoms with E-state index in [0.29, 0.717) is 30.3 Å². The fraction of sp³-hybridized carbons (Fsp3) is 0.545. The molecule has 1 aliphatic rings. The Hall–Kier alpha value is -3.30. The van der Waals surface area contributed by atoms with Gasteiger partial charge >= 0.3 is 6.09 Å².